The molecule has 4 nitrogen and oxygen atoms in total. The van der Waals surface area contributed by atoms with E-state index in [2.05, 4.69) is 29.4 Å². The van der Waals surface area contributed by atoms with E-state index < -0.39 is 0 Å². The quantitative estimate of drug-likeness (QED) is 0.871. The lowest BCUT2D eigenvalue weighted by Crippen LogP contribution is -2.37. The third kappa shape index (κ3) is 3.06. The lowest BCUT2D eigenvalue weighted by Gasteiger charge is -2.25. The summed E-state index contributed by atoms with van der Waals surface area (Å²) >= 11 is 0. The molecule has 2 aromatic rings. The summed E-state index contributed by atoms with van der Waals surface area (Å²) in [7, 11) is 0. The highest BCUT2D eigenvalue weighted by atomic mass is 16.5. The summed E-state index contributed by atoms with van der Waals surface area (Å²) in [6.45, 7) is 4.62. The van der Waals surface area contributed by atoms with Crippen molar-refractivity contribution in [3.8, 4) is 0 Å². The number of rotatable bonds is 4. The van der Waals surface area contributed by atoms with Crippen LogP contribution in [0, 0.1) is 13.8 Å². The minimum Gasteiger partial charge on any atom is -0.361 e. The zero-order chi connectivity index (χ0) is 15.5. The van der Waals surface area contributed by atoms with Crippen LogP contribution in [0.2, 0.25) is 0 Å². The molecule has 1 saturated heterocycles. The predicted molar refractivity (Wildman–Crippen MR) is 84.6 cm³/mol. The van der Waals surface area contributed by atoms with Gasteiger partial charge in [0.1, 0.15) is 5.76 Å². The monoisotopic (exact) mass is 298 g/mol. The number of carbonyl (C=O) groups is 1. The lowest BCUT2D eigenvalue weighted by atomic mass is 10.0. The topological polar surface area (TPSA) is 46.3 Å². The van der Waals surface area contributed by atoms with E-state index >= 15 is 0 Å². The molecule has 1 amide bonds. The van der Waals surface area contributed by atoms with Crippen LogP contribution in [-0.4, -0.2) is 28.6 Å². The van der Waals surface area contributed by atoms with Crippen LogP contribution >= 0.6 is 0 Å². The summed E-state index contributed by atoms with van der Waals surface area (Å²) < 4.78 is 5.16. The van der Waals surface area contributed by atoms with E-state index in [1.807, 2.05) is 24.8 Å². The maximum absolute atomic E-state index is 12.7. The van der Waals surface area contributed by atoms with E-state index in [-0.39, 0.29) is 5.91 Å². The van der Waals surface area contributed by atoms with Gasteiger partial charge in [-0.3, -0.25) is 4.79 Å². The number of aromatic nitrogens is 1. The highest BCUT2D eigenvalue weighted by Gasteiger charge is 2.29. The largest absolute Gasteiger partial charge is 0.361 e. The molecule has 1 fully saturated rings. The molecule has 3 rings (SSSR count). The predicted octanol–water partition coefficient (Wildman–Crippen LogP) is 3.07. The van der Waals surface area contributed by atoms with Crippen molar-refractivity contribution in [1.82, 2.24) is 10.1 Å². The van der Waals surface area contributed by atoms with E-state index in [9.17, 15) is 4.79 Å². The van der Waals surface area contributed by atoms with Gasteiger partial charge in [-0.25, -0.2) is 0 Å². The summed E-state index contributed by atoms with van der Waals surface area (Å²) in [5.74, 6) is 0.942. The number of hydrogen-bond donors (Lipinski definition) is 0. The lowest BCUT2D eigenvalue weighted by molar-refractivity contribution is -0.131. The molecule has 1 unspecified atom stereocenters. The Morgan fingerprint density at radius 3 is 2.77 bits per heavy atom. The van der Waals surface area contributed by atoms with Crippen LogP contribution in [0.5, 0.6) is 0 Å². The van der Waals surface area contributed by atoms with Crippen LogP contribution in [0.4, 0.5) is 0 Å². The Hall–Kier alpha value is -2.10. The second-order valence-electron chi connectivity index (χ2n) is 6.05. The molecule has 1 atom stereocenters. The average Bonchev–Trinajstić information content (AvgIpc) is 3.10. The van der Waals surface area contributed by atoms with E-state index in [0.29, 0.717) is 12.5 Å². The maximum Gasteiger partial charge on any atom is 0.227 e. The molecule has 1 aliphatic rings. The second kappa shape index (κ2) is 6.34. The van der Waals surface area contributed by atoms with Gasteiger partial charge in [-0.1, -0.05) is 35.5 Å². The SMILES string of the molecule is Cc1noc(C)c1CC(=O)N1CCCC1Cc1ccccc1. The summed E-state index contributed by atoms with van der Waals surface area (Å²) in [6, 6.07) is 10.7. The van der Waals surface area contributed by atoms with Crippen LogP contribution < -0.4 is 0 Å². The normalized spacial score (nSPS) is 17.9. The van der Waals surface area contributed by atoms with Crippen LogP contribution in [0.1, 0.15) is 35.4 Å². The van der Waals surface area contributed by atoms with Gasteiger partial charge in [0.25, 0.3) is 0 Å². The van der Waals surface area contributed by atoms with Crippen molar-refractivity contribution in [1.29, 1.82) is 0 Å². The molecule has 1 aromatic heterocycles. The van der Waals surface area contributed by atoms with Gasteiger partial charge < -0.3 is 9.42 Å². The minimum atomic E-state index is 0.188. The van der Waals surface area contributed by atoms with Crippen molar-refractivity contribution in [2.45, 2.75) is 45.6 Å². The summed E-state index contributed by atoms with van der Waals surface area (Å²) in [6.07, 6.45) is 3.51. The van der Waals surface area contributed by atoms with E-state index in [4.69, 9.17) is 4.52 Å². The zero-order valence-electron chi connectivity index (χ0n) is 13.2. The van der Waals surface area contributed by atoms with Crippen molar-refractivity contribution in [2.75, 3.05) is 6.54 Å². The van der Waals surface area contributed by atoms with Crippen LogP contribution in [0.15, 0.2) is 34.9 Å². The van der Waals surface area contributed by atoms with Crippen LogP contribution in [0.3, 0.4) is 0 Å². The highest BCUT2D eigenvalue weighted by molar-refractivity contribution is 5.79. The van der Waals surface area contributed by atoms with Gasteiger partial charge in [-0.2, -0.15) is 0 Å². The minimum absolute atomic E-state index is 0.188. The van der Waals surface area contributed by atoms with Crippen LogP contribution in [0.25, 0.3) is 0 Å². The Bertz CT molecular complexity index is 629. The van der Waals surface area contributed by atoms with Gasteiger partial charge in [0.05, 0.1) is 12.1 Å². The van der Waals surface area contributed by atoms with Crippen molar-refractivity contribution in [2.24, 2.45) is 0 Å². The molecule has 0 N–H and O–H groups in total. The standard InChI is InChI=1S/C18H22N2O2/c1-13-17(14(2)22-19-13)12-18(21)20-10-6-9-16(20)11-15-7-4-3-5-8-15/h3-5,7-8,16H,6,9-12H2,1-2H3. The first kappa shape index (κ1) is 14.8. The van der Waals surface area contributed by atoms with Gasteiger partial charge in [-0.15, -0.1) is 0 Å². The molecule has 0 bridgehead atoms. The fraction of sp³-hybridized carbons (Fsp3) is 0.444. The molecule has 0 saturated carbocycles. The second-order valence-corrected chi connectivity index (χ2v) is 6.05. The van der Waals surface area contributed by atoms with Crippen molar-refractivity contribution >= 4 is 5.91 Å². The first-order valence-electron chi connectivity index (χ1n) is 7.90. The first-order chi connectivity index (χ1) is 10.6. The van der Waals surface area contributed by atoms with Crippen molar-refractivity contribution in [3.63, 3.8) is 0 Å². The number of carbonyl (C=O) groups excluding carboxylic acids is 1. The van der Waals surface area contributed by atoms with E-state index in [1.54, 1.807) is 0 Å². The Labute approximate surface area is 131 Å². The number of amides is 1. The highest BCUT2D eigenvalue weighted by Crippen LogP contribution is 2.23. The molecular formula is C18H22N2O2. The molecule has 0 spiro atoms. The summed E-state index contributed by atoms with van der Waals surface area (Å²) in [5, 5.41) is 3.94. The first-order valence-corrected chi connectivity index (χ1v) is 7.90. The number of benzene rings is 1. The van der Waals surface area contributed by atoms with Gasteiger partial charge >= 0.3 is 0 Å². The molecule has 2 heterocycles. The van der Waals surface area contributed by atoms with E-state index in [0.717, 1.165) is 42.8 Å². The Balaban J connectivity index is 1.69. The third-order valence-electron chi connectivity index (χ3n) is 4.52. The fourth-order valence-corrected chi connectivity index (χ4v) is 3.27. The Kier molecular flexibility index (Phi) is 4.27. The average molecular weight is 298 g/mol. The van der Waals surface area contributed by atoms with Gasteiger partial charge in [0, 0.05) is 18.2 Å². The molecule has 4 heteroatoms. The van der Waals surface area contributed by atoms with Crippen molar-refractivity contribution < 1.29 is 9.32 Å². The fourth-order valence-electron chi connectivity index (χ4n) is 3.27. The Morgan fingerprint density at radius 1 is 1.32 bits per heavy atom. The maximum atomic E-state index is 12.7. The molecule has 22 heavy (non-hydrogen) atoms. The molecule has 0 aliphatic carbocycles. The number of hydrogen-bond acceptors (Lipinski definition) is 3. The van der Waals surface area contributed by atoms with Crippen LogP contribution in [-0.2, 0) is 17.6 Å². The Morgan fingerprint density at radius 2 is 2.09 bits per heavy atom. The third-order valence-corrected chi connectivity index (χ3v) is 4.52. The van der Waals surface area contributed by atoms with E-state index in [1.165, 1.54) is 5.56 Å². The van der Waals surface area contributed by atoms with Gasteiger partial charge in [0.2, 0.25) is 5.91 Å². The molecule has 1 aliphatic heterocycles. The molecule has 0 radical (unpaired) electrons. The number of aryl methyl sites for hydroxylation is 2. The zero-order valence-corrected chi connectivity index (χ0v) is 13.2. The smallest absolute Gasteiger partial charge is 0.227 e. The molecule has 116 valence electrons. The molecular weight excluding hydrogens is 276 g/mol. The summed E-state index contributed by atoms with van der Waals surface area (Å²) in [5.41, 5.74) is 3.06. The van der Waals surface area contributed by atoms with Gasteiger partial charge in [-0.05, 0) is 38.7 Å². The summed E-state index contributed by atoms with van der Waals surface area (Å²) in [4.78, 5) is 14.7. The number of nitrogens with zero attached hydrogens (tertiary/aromatic N) is 2. The molecule has 1 aromatic carbocycles. The van der Waals surface area contributed by atoms with Gasteiger partial charge in [0.15, 0.2) is 0 Å². The number of likely N-dealkylation sites (tertiary alicyclic amines) is 1. The van der Waals surface area contributed by atoms with Crippen molar-refractivity contribution in [3.05, 3.63) is 52.9 Å².